The van der Waals surface area contributed by atoms with E-state index in [4.69, 9.17) is 0 Å². The van der Waals surface area contributed by atoms with E-state index in [1.807, 2.05) is 30.3 Å². The molecule has 0 aliphatic carbocycles. The molecule has 3 nitrogen and oxygen atoms in total. The Morgan fingerprint density at radius 2 is 1.75 bits per heavy atom. The number of hydrogen-bond donors (Lipinski definition) is 0. The molecule has 1 aromatic heterocycles. The van der Waals surface area contributed by atoms with Gasteiger partial charge in [0.15, 0.2) is 14.5 Å². The fourth-order valence-corrected chi connectivity index (χ4v) is 4.95. The van der Waals surface area contributed by atoms with Crippen LogP contribution in [0.1, 0.15) is 21.5 Å². The number of rotatable bonds is 7. The Balaban J connectivity index is 1.51. The number of carbonyl (C=O) groups excluding carboxylic acids is 1. The Labute approximate surface area is 153 Å². The van der Waals surface area contributed by atoms with Gasteiger partial charge in [0.05, 0.1) is 5.75 Å². The number of carbonyl (C=O) groups is 1. The van der Waals surface area contributed by atoms with Crippen molar-refractivity contribution >= 4 is 40.6 Å². The first-order chi connectivity index (χ1) is 11.7. The summed E-state index contributed by atoms with van der Waals surface area (Å²) in [5.41, 5.74) is 3.29. The summed E-state index contributed by atoms with van der Waals surface area (Å²) in [6.07, 6.45) is 0. The van der Waals surface area contributed by atoms with Crippen LogP contribution in [0, 0.1) is 6.92 Å². The number of thioether (sulfide) groups is 2. The lowest BCUT2D eigenvalue weighted by Crippen LogP contribution is -2.01. The van der Waals surface area contributed by atoms with Gasteiger partial charge in [-0.05, 0) is 12.5 Å². The van der Waals surface area contributed by atoms with Gasteiger partial charge in [0, 0.05) is 11.3 Å². The quantitative estimate of drug-likeness (QED) is 0.426. The maximum Gasteiger partial charge on any atom is 0.175 e. The van der Waals surface area contributed by atoms with Crippen LogP contribution in [0.5, 0.6) is 0 Å². The van der Waals surface area contributed by atoms with Crippen molar-refractivity contribution < 1.29 is 4.79 Å². The summed E-state index contributed by atoms with van der Waals surface area (Å²) in [5, 5.41) is 8.37. The summed E-state index contributed by atoms with van der Waals surface area (Å²) in [6.45, 7) is 2.09. The third kappa shape index (κ3) is 4.93. The highest BCUT2D eigenvalue weighted by Crippen LogP contribution is 2.31. The molecule has 0 fully saturated rings. The minimum Gasteiger partial charge on any atom is -0.293 e. The van der Waals surface area contributed by atoms with Crippen molar-refractivity contribution in [3.8, 4) is 0 Å². The van der Waals surface area contributed by atoms with E-state index < -0.39 is 0 Å². The molecule has 1 heterocycles. The van der Waals surface area contributed by atoms with E-state index in [9.17, 15) is 4.79 Å². The maximum atomic E-state index is 12.1. The van der Waals surface area contributed by atoms with Gasteiger partial charge in [-0.3, -0.25) is 4.79 Å². The van der Waals surface area contributed by atoms with Crippen molar-refractivity contribution in [2.75, 3.05) is 5.75 Å². The maximum absolute atomic E-state index is 12.1. The van der Waals surface area contributed by atoms with Crippen LogP contribution in [0.25, 0.3) is 0 Å². The fraction of sp³-hybridized carbons (Fsp3) is 0.167. The first-order valence-electron chi connectivity index (χ1n) is 7.43. The molecule has 0 aliphatic heterocycles. The molecule has 0 radical (unpaired) electrons. The SMILES string of the molecule is Cc1cccc(CSc2nnc(SCC(=O)c3ccccc3)s2)c1. The van der Waals surface area contributed by atoms with Gasteiger partial charge >= 0.3 is 0 Å². The summed E-state index contributed by atoms with van der Waals surface area (Å²) < 4.78 is 1.78. The smallest absolute Gasteiger partial charge is 0.175 e. The first kappa shape index (κ1) is 17.2. The van der Waals surface area contributed by atoms with Crippen LogP contribution in [0.2, 0.25) is 0 Å². The van der Waals surface area contributed by atoms with Crippen molar-refractivity contribution in [1.82, 2.24) is 10.2 Å². The van der Waals surface area contributed by atoms with Gasteiger partial charge in [0.25, 0.3) is 0 Å². The van der Waals surface area contributed by atoms with E-state index in [1.54, 1.807) is 23.1 Å². The fourth-order valence-electron chi connectivity index (χ4n) is 2.10. The second-order valence-corrected chi connectivity index (χ2v) is 8.61. The predicted molar refractivity (Wildman–Crippen MR) is 102 cm³/mol. The Bertz CT molecular complexity index is 818. The molecule has 2 aromatic carbocycles. The number of benzene rings is 2. The van der Waals surface area contributed by atoms with Crippen LogP contribution in [0.4, 0.5) is 0 Å². The standard InChI is InChI=1S/C18H16N2OS3/c1-13-6-5-7-14(10-13)11-22-17-19-20-18(24-17)23-12-16(21)15-8-3-2-4-9-15/h2-10H,11-12H2,1H3. The second-order valence-electron chi connectivity index (χ2n) is 5.19. The van der Waals surface area contributed by atoms with Gasteiger partial charge in [0.1, 0.15) is 0 Å². The first-order valence-corrected chi connectivity index (χ1v) is 10.2. The number of nitrogens with zero attached hydrogens (tertiary/aromatic N) is 2. The van der Waals surface area contributed by atoms with E-state index in [1.165, 1.54) is 22.9 Å². The number of aryl methyl sites for hydroxylation is 1. The zero-order valence-electron chi connectivity index (χ0n) is 13.1. The molecule has 6 heteroatoms. The van der Waals surface area contributed by atoms with Gasteiger partial charge < -0.3 is 0 Å². The largest absolute Gasteiger partial charge is 0.293 e. The van der Waals surface area contributed by atoms with Crippen LogP contribution in [0.15, 0.2) is 63.3 Å². The van der Waals surface area contributed by atoms with E-state index >= 15 is 0 Å². The number of hydrogen-bond acceptors (Lipinski definition) is 6. The summed E-state index contributed by atoms with van der Waals surface area (Å²) >= 11 is 4.68. The molecule has 122 valence electrons. The summed E-state index contributed by atoms with van der Waals surface area (Å²) in [5.74, 6) is 1.38. The lowest BCUT2D eigenvalue weighted by molar-refractivity contribution is 0.102. The number of Topliss-reactive ketones (excluding diaryl/α,β-unsaturated/α-hetero) is 1. The molecule has 0 spiro atoms. The van der Waals surface area contributed by atoms with E-state index in [-0.39, 0.29) is 5.78 Å². The molecule has 24 heavy (non-hydrogen) atoms. The highest BCUT2D eigenvalue weighted by Gasteiger charge is 2.10. The van der Waals surface area contributed by atoms with Gasteiger partial charge in [-0.15, -0.1) is 10.2 Å². The summed E-state index contributed by atoms with van der Waals surface area (Å²) in [6, 6.07) is 17.8. The third-order valence-electron chi connectivity index (χ3n) is 3.26. The average molecular weight is 373 g/mol. The summed E-state index contributed by atoms with van der Waals surface area (Å²) in [7, 11) is 0. The molecule has 3 rings (SSSR count). The third-order valence-corrected chi connectivity index (χ3v) is 6.52. The van der Waals surface area contributed by atoms with Crippen LogP contribution in [0.3, 0.4) is 0 Å². The second kappa shape index (κ2) is 8.46. The Morgan fingerprint density at radius 1 is 1.00 bits per heavy atom. The molecule has 0 N–H and O–H groups in total. The van der Waals surface area contributed by atoms with Crippen LogP contribution >= 0.6 is 34.9 Å². The van der Waals surface area contributed by atoms with Crippen molar-refractivity contribution in [2.24, 2.45) is 0 Å². The van der Waals surface area contributed by atoms with E-state index in [2.05, 4.69) is 41.4 Å². The lowest BCUT2D eigenvalue weighted by Gasteiger charge is -1.99. The van der Waals surface area contributed by atoms with Gasteiger partial charge in [-0.2, -0.15) is 0 Å². The zero-order chi connectivity index (χ0) is 16.8. The van der Waals surface area contributed by atoms with Crippen LogP contribution in [-0.4, -0.2) is 21.7 Å². The Kier molecular flexibility index (Phi) is 6.07. The van der Waals surface area contributed by atoms with Gasteiger partial charge in [0.2, 0.25) is 0 Å². The molecular formula is C18H16N2OS3. The molecule has 3 aromatic rings. The minimum absolute atomic E-state index is 0.116. The van der Waals surface area contributed by atoms with Gasteiger partial charge in [-0.1, -0.05) is 95.0 Å². The topological polar surface area (TPSA) is 42.9 Å². The number of ketones is 1. The van der Waals surface area contributed by atoms with E-state index in [0.29, 0.717) is 5.75 Å². The van der Waals surface area contributed by atoms with Crippen LogP contribution < -0.4 is 0 Å². The highest BCUT2D eigenvalue weighted by atomic mass is 32.2. The normalized spacial score (nSPS) is 10.7. The number of aromatic nitrogens is 2. The molecule has 0 aliphatic rings. The zero-order valence-corrected chi connectivity index (χ0v) is 15.6. The monoisotopic (exact) mass is 372 g/mol. The average Bonchev–Trinajstić information content (AvgIpc) is 3.07. The molecule has 0 saturated heterocycles. The Hall–Kier alpha value is -1.63. The molecular weight excluding hydrogens is 356 g/mol. The molecule has 0 saturated carbocycles. The van der Waals surface area contributed by atoms with Crippen molar-refractivity contribution in [3.05, 3.63) is 71.3 Å². The molecule has 0 amide bonds. The Morgan fingerprint density at radius 3 is 2.50 bits per heavy atom. The van der Waals surface area contributed by atoms with E-state index in [0.717, 1.165) is 20.0 Å². The lowest BCUT2D eigenvalue weighted by atomic mass is 10.2. The molecule has 0 bridgehead atoms. The molecule has 0 unspecified atom stereocenters. The highest BCUT2D eigenvalue weighted by molar-refractivity contribution is 8.03. The van der Waals surface area contributed by atoms with Gasteiger partial charge in [-0.25, -0.2) is 0 Å². The van der Waals surface area contributed by atoms with Crippen molar-refractivity contribution in [3.63, 3.8) is 0 Å². The summed E-state index contributed by atoms with van der Waals surface area (Å²) in [4.78, 5) is 12.1. The molecule has 0 atom stereocenters. The van der Waals surface area contributed by atoms with Crippen LogP contribution in [-0.2, 0) is 5.75 Å². The predicted octanol–water partition coefficient (Wildman–Crippen LogP) is 5.11. The van der Waals surface area contributed by atoms with Crippen molar-refractivity contribution in [2.45, 2.75) is 21.4 Å². The van der Waals surface area contributed by atoms with Crippen molar-refractivity contribution in [1.29, 1.82) is 0 Å². The minimum atomic E-state index is 0.116.